The van der Waals surface area contributed by atoms with Crippen LogP contribution in [0.15, 0.2) is 52.1 Å². The summed E-state index contributed by atoms with van der Waals surface area (Å²) in [6.07, 6.45) is 2.98. The molecule has 1 N–H and O–H groups in total. The molecule has 1 aromatic heterocycles. The molecule has 0 amide bonds. The molecule has 0 radical (unpaired) electrons. The van der Waals surface area contributed by atoms with E-state index in [-0.39, 0.29) is 16.2 Å². The number of aromatic carboxylic acids is 1. The Morgan fingerprint density at radius 2 is 1.85 bits per heavy atom. The summed E-state index contributed by atoms with van der Waals surface area (Å²) in [5.74, 6) is -1.54. The highest BCUT2D eigenvalue weighted by Gasteiger charge is 2.23. The normalized spacial score (nSPS) is 11.2. The minimum Gasteiger partial charge on any atom is -0.478 e. The van der Waals surface area contributed by atoms with E-state index in [4.69, 9.17) is 5.11 Å². The van der Waals surface area contributed by atoms with Gasteiger partial charge in [-0.05, 0) is 35.9 Å². The van der Waals surface area contributed by atoms with Crippen molar-refractivity contribution in [1.82, 2.24) is 4.98 Å². The average Bonchev–Trinajstić information content (AvgIpc) is 2.39. The van der Waals surface area contributed by atoms with Crippen LogP contribution in [-0.2, 0) is 15.6 Å². The molecule has 0 aliphatic heterocycles. The van der Waals surface area contributed by atoms with E-state index in [0.717, 1.165) is 0 Å². The number of carbonyl (C=O) groups is 1. The first-order valence-electron chi connectivity index (χ1n) is 5.54. The van der Waals surface area contributed by atoms with Crippen molar-refractivity contribution in [3.05, 3.63) is 58.3 Å². The van der Waals surface area contributed by atoms with Crippen molar-refractivity contribution >= 4 is 31.7 Å². The largest absolute Gasteiger partial charge is 0.478 e. The van der Waals surface area contributed by atoms with Gasteiger partial charge in [-0.2, -0.15) is 0 Å². The van der Waals surface area contributed by atoms with Gasteiger partial charge < -0.3 is 5.11 Å². The third kappa shape index (κ3) is 3.23. The highest BCUT2D eigenvalue weighted by Crippen LogP contribution is 2.24. The zero-order valence-electron chi connectivity index (χ0n) is 10.2. The summed E-state index contributed by atoms with van der Waals surface area (Å²) in [4.78, 5) is 14.8. The monoisotopic (exact) mass is 355 g/mol. The van der Waals surface area contributed by atoms with Crippen LogP contribution in [0.5, 0.6) is 0 Å². The molecule has 0 bridgehead atoms. The zero-order chi connectivity index (χ0) is 14.8. The van der Waals surface area contributed by atoms with E-state index < -0.39 is 15.8 Å². The van der Waals surface area contributed by atoms with Gasteiger partial charge in [0.05, 0.1) is 16.2 Å². The molecule has 7 heteroatoms. The van der Waals surface area contributed by atoms with Gasteiger partial charge in [0.1, 0.15) is 0 Å². The maximum Gasteiger partial charge on any atom is 0.337 e. The fourth-order valence-corrected chi connectivity index (χ4v) is 3.80. The smallest absolute Gasteiger partial charge is 0.337 e. The predicted molar refractivity (Wildman–Crippen MR) is 76.2 cm³/mol. The minimum absolute atomic E-state index is 0.198. The number of nitrogens with zero attached hydrogens (tertiary/aromatic N) is 1. The molecule has 0 unspecified atom stereocenters. The first kappa shape index (κ1) is 14.7. The van der Waals surface area contributed by atoms with Crippen molar-refractivity contribution in [2.75, 3.05) is 0 Å². The van der Waals surface area contributed by atoms with Crippen LogP contribution in [-0.4, -0.2) is 24.5 Å². The van der Waals surface area contributed by atoms with E-state index >= 15 is 0 Å². The lowest BCUT2D eigenvalue weighted by Crippen LogP contribution is -2.11. The Hall–Kier alpha value is -1.73. The summed E-state index contributed by atoms with van der Waals surface area (Å²) in [6.45, 7) is 0. The van der Waals surface area contributed by atoms with E-state index in [2.05, 4.69) is 20.9 Å². The van der Waals surface area contributed by atoms with Crippen LogP contribution >= 0.6 is 15.9 Å². The van der Waals surface area contributed by atoms with Gasteiger partial charge in [0.25, 0.3) is 0 Å². The average molecular weight is 356 g/mol. The predicted octanol–water partition coefficient (Wildman–Crippen LogP) is 2.52. The second kappa shape index (κ2) is 5.72. The van der Waals surface area contributed by atoms with E-state index in [1.807, 2.05) is 0 Å². The Labute approximate surface area is 124 Å². The maximum absolute atomic E-state index is 12.4. The van der Waals surface area contributed by atoms with Crippen LogP contribution in [0.25, 0.3) is 0 Å². The Kier molecular flexibility index (Phi) is 4.20. The highest BCUT2D eigenvalue weighted by molar-refractivity contribution is 9.10. The highest BCUT2D eigenvalue weighted by atomic mass is 79.9. The molecule has 0 aliphatic carbocycles. The third-order valence-electron chi connectivity index (χ3n) is 2.62. The van der Waals surface area contributed by atoms with E-state index in [1.165, 1.54) is 30.6 Å². The number of rotatable bonds is 4. The van der Waals surface area contributed by atoms with Crippen LogP contribution in [0.1, 0.15) is 15.9 Å². The van der Waals surface area contributed by atoms with E-state index in [1.54, 1.807) is 12.1 Å². The van der Waals surface area contributed by atoms with Gasteiger partial charge in [-0.3, -0.25) is 4.98 Å². The van der Waals surface area contributed by atoms with Crippen LogP contribution in [0.4, 0.5) is 0 Å². The Morgan fingerprint density at radius 3 is 2.45 bits per heavy atom. The molecule has 0 fully saturated rings. The van der Waals surface area contributed by atoms with Gasteiger partial charge in [-0.1, -0.05) is 15.9 Å². The first-order chi connectivity index (χ1) is 9.40. The molecular formula is C13H10BrNO4S. The number of carboxylic acids is 1. The van der Waals surface area contributed by atoms with Crippen LogP contribution < -0.4 is 0 Å². The van der Waals surface area contributed by atoms with Crippen LogP contribution in [0.3, 0.4) is 0 Å². The molecule has 2 rings (SSSR count). The Bertz CT molecular complexity index is 744. The topological polar surface area (TPSA) is 84.3 Å². The van der Waals surface area contributed by atoms with Crippen molar-refractivity contribution < 1.29 is 18.3 Å². The van der Waals surface area contributed by atoms with Gasteiger partial charge in [-0.15, -0.1) is 0 Å². The second-order valence-corrected chi connectivity index (χ2v) is 6.93. The molecule has 104 valence electrons. The summed E-state index contributed by atoms with van der Waals surface area (Å²) >= 11 is 3.16. The van der Waals surface area contributed by atoms with E-state index in [9.17, 15) is 13.2 Å². The number of carboxylic acid groups (broad SMARTS) is 1. The molecule has 0 saturated heterocycles. The molecule has 1 aromatic carbocycles. The molecule has 0 atom stereocenters. The van der Waals surface area contributed by atoms with Crippen LogP contribution in [0.2, 0.25) is 0 Å². The minimum atomic E-state index is -3.75. The molecule has 1 heterocycles. The lowest BCUT2D eigenvalue weighted by molar-refractivity contribution is 0.0692. The maximum atomic E-state index is 12.4. The molecule has 5 nitrogen and oxygen atoms in total. The molecule has 0 aliphatic rings. The molecular weight excluding hydrogens is 346 g/mol. The standard InChI is InChI=1S/C13H10BrNO4S/c14-10-1-2-11(13(16)17)12(7-10)20(18,19)8-9-3-5-15-6-4-9/h1-7H,8H2,(H,16,17). The van der Waals surface area contributed by atoms with Gasteiger partial charge in [0.15, 0.2) is 9.84 Å². The van der Waals surface area contributed by atoms with Gasteiger partial charge in [-0.25, -0.2) is 13.2 Å². The van der Waals surface area contributed by atoms with Gasteiger partial charge in [0, 0.05) is 16.9 Å². The summed E-state index contributed by atoms with van der Waals surface area (Å²) < 4.78 is 25.3. The third-order valence-corrected chi connectivity index (χ3v) is 4.83. The molecule has 0 saturated carbocycles. The van der Waals surface area contributed by atoms with Crippen LogP contribution in [0, 0.1) is 0 Å². The number of pyridine rings is 1. The second-order valence-electron chi connectivity index (χ2n) is 4.06. The number of halogens is 1. The summed E-state index contributed by atoms with van der Waals surface area (Å²) in [5, 5.41) is 9.10. The quantitative estimate of drug-likeness (QED) is 0.910. The Balaban J connectivity index is 2.49. The van der Waals surface area contributed by atoms with E-state index in [0.29, 0.717) is 10.0 Å². The summed E-state index contributed by atoms with van der Waals surface area (Å²) in [5.41, 5.74) is 0.318. The number of hydrogen-bond donors (Lipinski definition) is 1. The molecule has 20 heavy (non-hydrogen) atoms. The summed E-state index contributed by atoms with van der Waals surface area (Å²) in [6, 6.07) is 7.23. The lowest BCUT2D eigenvalue weighted by Gasteiger charge is -2.08. The molecule has 0 spiro atoms. The number of hydrogen-bond acceptors (Lipinski definition) is 4. The first-order valence-corrected chi connectivity index (χ1v) is 7.99. The SMILES string of the molecule is O=C(O)c1ccc(Br)cc1S(=O)(=O)Cc1ccncc1. The number of benzene rings is 1. The number of aromatic nitrogens is 1. The van der Waals surface area contributed by atoms with Crippen molar-refractivity contribution in [2.24, 2.45) is 0 Å². The zero-order valence-corrected chi connectivity index (χ0v) is 12.6. The van der Waals surface area contributed by atoms with Gasteiger partial charge >= 0.3 is 5.97 Å². The van der Waals surface area contributed by atoms with Gasteiger partial charge in [0.2, 0.25) is 0 Å². The fraction of sp³-hybridized carbons (Fsp3) is 0.0769. The van der Waals surface area contributed by atoms with Crippen molar-refractivity contribution in [2.45, 2.75) is 10.6 Å². The van der Waals surface area contributed by atoms with Crippen molar-refractivity contribution in [1.29, 1.82) is 0 Å². The Morgan fingerprint density at radius 1 is 1.20 bits per heavy atom. The summed E-state index contributed by atoms with van der Waals surface area (Å²) in [7, 11) is -3.75. The molecule has 2 aromatic rings. The van der Waals surface area contributed by atoms with Crippen molar-refractivity contribution in [3.63, 3.8) is 0 Å². The lowest BCUT2D eigenvalue weighted by atomic mass is 10.2. The fourth-order valence-electron chi connectivity index (χ4n) is 1.71. The number of sulfone groups is 1. The van der Waals surface area contributed by atoms with Crippen molar-refractivity contribution in [3.8, 4) is 0 Å².